The normalized spacial score (nSPS) is 16.8. The molecule has 8 heteroatoms. The third kappa shape index (κ3) is 5.00. The molecule has 25 heavy (non-hydrogen) atoms. The van der Waals surface area contributed by atoms with Crippen molar-refractivity contribution in [3.8, 4) is 0 Å². The summed E-state index contributed by atoms with van der Waals surface area (Å²) in [4.78, 5) is 28.6. The van der Waals surface area contributed by atoms with E-state index in [0.717, 1.165) is 6.42 Å². The van der Waals surface area contributed by atoms with E-state index in [0.29, 0.717) is 48.2 Å². The second-order valence-corrected chi connectivity index (χ2v) is 7.16. The van der Waals surface area contributed by atoms with Gasteiger partial charge in [0.25, 0.3) is 5.91 Å². The molecule has 0 aliphatic carbocycles. The largest absolute Gasteiger partial charge is 0.338 e. The zero-order valence-corrected chi connectivity index (χ0v) is 16.8. The SMILES string of the molecule is CCCC(C)(N)C(=O)N1CCN(C(=O)c2c(Cl)cccc2Cl)CC1.Cl. The Hall–Kier alpha value is -1.01. The minimum atomic E-state index is -0.854. The van der Waals surface area contributed by atoms with Gasteiger partial charge in [0.05, 0.1) is 21.1 Å². The van der Waals surface area contributed by atoms with Crippen LogP contribution in [-0.4, -0.2) is 53.3 Å². The highest BCUT2D eigenvalue weighted by Gasteiger charge is 2.34. The van der Waals surface area contributed by atoms with E-state index in [2.05, 4.69) is 0 Å². The number of hydrogen-bond donors (Lipinski definition) is 1. The highest BCUT2D eigenvalue weighted by Crippen LogP contribution is 2.26. The van der Waals surface area contributed by atoms with Gasteiger partial charge in [-0.1, -0.05) is 42.6 Å². The number of benzene rings is 1. The molecule has 2 N–H and O–H groups in total. The van der Waals surface area contributed by atoms with Crippen LogP contribution in [0, 0.1) is 0 Å². The van der Waals surface area contributed by atoms with Crippen molar-refractivity contribution in [3.63, 3.8) is 0 Å². The Morgan fingerprint density at radius 2 is 1.60 bits per heavy atom. The summed E-state index contributed by atoms with van der Waals surface area (Å²) in [5, 5.41) is 0.673. The molecule has 1 atom stereocenters. The molecule has 0 bridgehead atoms. The average Bonchev–Trinajstić information content (AvgIpc) is 2.54. The number of hydrogen-bond acceptors (Lipinski definition) is 3. The molecule has 0 spiro atoms. The van der Waals surface area contributed by atoms with E-state index in [-0.39, 0.29) is 24.2 Å². The van der Waals surface area contributed by atoms with Gasteiger partial charge >= 0.3 is 0 Å². The molecule has 2 amide bonds. The van der Waals surface area contributed by atoms with Gasteiger partial charge in [0.1, 0.15) is 0 Å². The van der Waals surface area contributed by atoms with Crippen LogP contribution in [0.2, 0.25) is 10.0 Å². The maximum absolute atomic E-state index is 12.6. The lowest BCUT2D eigenvalue weighted by Gasteiger charge is -2.38. The number of piperazine rings is 1. The number of nitrogens with two attached hydrogens (primary N) is 1. The number of halogens is 3. The lowest BCUT2D eigenvalue weighted by atomic mass is 9.95. The fraction of sp³-hybridized carbons (Fsp3) is 0.529. The molecule has 1 aromatic carbocycles. The zero-order valence-electron chi connectivity index (χ0n) is 14.4. The first-order chi connectivity index (χ1) is 11.3. The van der Waals surface area contributed by atoms with Crippen molar-refractivity contribution >= 4 is 47.4 Å². The monoisotopic (exact) mass is 407 g/mol. The Balaban J connectivity index is 0.00000312. The molecule has 1 heterocycles. The van der Waals surface area contributed by atoms with Gasteiger partial charge in [-0.15, -0.1) is 12.4 Å². The van der Waals surface area contributed by atoms with Crippen LogP contribution < -0.4 is 5.73 Å². The van der Waals surface area contributed by atoms with Crippen molar-refractivity contribution < 1.29 is 9.59 Å². The van der Waals surface area contributed by atoms with Crippen LogP contribution in [0.3, 0.4) is 0 Å². The third-order valence-corrected chi connectivity index (χ3v) is 4.92. The predicted molar refractivity (Wildman–Crippen MR) is 104 cm³/mol. The first kappa shape index (κ1) is 22.0. The highest BCUT2D eigenvalue weighted by atomic mass is 35.5. The van der Waals surface area contributed by atoms with Gasteiger partial charge in [-0.25, -0.2) is 0 Å². The summed E-state index contributed by atoms with van der Waals surface area (Å²) in [6.45, 7) is 5.57. The molecular weight excluding hydrogens is 385 g/mol. The Bertz CT molecular complexity index is 609. The first-order valence-corrected chi connectivity index (χ1v) is 8.85. The summed E-state index contributed by atoms with van der Waals surface area (Å²) in [6.07, 6.45) is 1.49. The van der Waals surface area contributed by atoms with Crippen molar-refractivity contribution in [2.75, 3.05) is 26.2 Å². The Kier molecular flexibility index (Phi) is 8.00. The molecule has 1 aromatic rings. The van der Waals surface area contributed by atoms with E-state index >= 15 is 0 Å². The molecule has 1 aliphatic rings. The molecule has 0 saturated carbocycles. The van der Waals surface area contributed by atoms with Gasteiger partial charge in [-0.05, 0) is 25.5 Å². The van der Waals surface area contributed by atoms with E-state index in [1.54, 1.807) is 34.9 Å². The molecule has 5 nitrogen and oxygen atoms in total. The highest BCUT2D eigenvalue weighted by molar-refractivity contribution is 6.39. The Morgan fingerprint density at radius 1 is 1.12 bits per heavy atom. The molecule has 0 radical (unpaired) electrons. The van der Waals surface area contributed by atoms with Gasteiger partial charge in [0.2, 0.25) is 5.91 Å². The molecule has 140 valence electrons. The molecule has 1 saturated heterocycles. The van der Waals surface area contributed by atoms with E-state index < -0.39 is 5.54 Å². The van der Waals surface area contributed by atoms with Gasteiger partial charge in [-0.2, -0.15) is 0 Å². The summed E-state index contributed by atoms with van der Waals surface area (Å²) < 4.78 is 0. The first-order valence-electron chi connectivity index (χ1n) is 8.09. The zero-order chi connectivity index (χ0) is 17.9. The minimum absolute atomic E-state index is 0. The maximum Gasteiger partial charge on any atom is 0.257 e. The second-order valence-electron chi connectivity index (χ2n) is 6.35. The van der Waals surface area contributed by atoms with E-state index in [1.807, 2.05) is 6.92 Å². The number of rotatable bonds is 4. The van der Waals surface area contributed by atoms with Crippen LogP contribution in [0.15, 0.2) is 18.2 Å². The Morgan fingerprint density at radius 3 is 2.08 bits per heavy atom. The smallest absolute Gasteiger partial charge is 0.257 e. The standard InChI is InChI=1S/C17H23Cl2N3O2.ClH/c1-3-7-17(2,20)16(24)22-10-8-21(9-11-22)15(23)14-12(18)5-4-6-13(14)19;/h4-6H,3,7-11,20H2,1-2H3;1H. The van der Waals surface area contributed by atoms with Crippen LogP contribution >= 0.6 is 35.6 Å². The molecule has 0 aromatic heterocycles. The van der Waals surface area contributed by atoms with E-state index in [1.165, 1.54) is 0 Å². The van der Waals surface area contributed by atoms with Crippen LogP contribution in [0.5, 0.6) is 0 Å². The van der Waals surface area contributed by atoms with E-state index in [9.17, 15) is 9.59 Å². The minimum Gasteiger partial charge on any atom is -0.338 e. The molecular formula is C17H24Cl3N3O2. The maximum atomic E-state index is 12.6. The Labute approximate surface area is 164 Å². The third-order valence-electron chi connectivity index (χ3n) is 4.29. The van der Waals surface area contributed by atoms with Crippen molar-refractivity contribution in [2.45, 2.75) is 32.2 Å². The van der Waals surface area contributed by atoms with E-state index in [4.69, 9.17) is 28.9 Å². The number of nitrogens with zero attached hydrogens (tertiary/aromatic N) is 2. The van der Waals surface area contributed by atoms with Crippen molar-refractivity contribution in [1.82, 2.24) is 9.80 Å². The molecule has 2 rings (SSSR count). The second kappa shape index (κ2) is 9.08. The summed E-state index contributed by atoms with van der Waals surface area (Å²) in [5.74, 6) is -0.269. The van der Waals surface area contributed by atoms with Crippen LogP contribution in [0.1, 0.15) is 37.0 Å². The predicted octanol–water partition coefficient (Wildman–Crippen LogP) is 3.22. The summed E-state index contributed by atoms with van der Waals surface area (Å²) >= 11 is 12.2. The number of carbonyl (C=O) groups excluding carboxylic acids is 2. The molecule has 1 unspecified atom stereocenters. The van der Waals surface area contributed by atoms with Gasteiger partial charge in [0, 0.05) is 26.2 Å². The molecule has 1 fully saturated rings. The fourth-order valence-corrected chi connectivity index (χ4v) is 3.52. The van der Waals surface area contributed by atoms with Crippen LogP contribution in [0.25, 0.3) is 0 Å². The fourth-order valence-electron chi connectivity index (χ4n) is 2.96. The summed E-state index contributed by atoms with van der Waals surface area (Å²) in [5.41, 5.74) is 5.58. The molecule has 1 aliphatic heterocycles. The lowest BCUT2D eigenvalue weighted by Crippen LogP contribution is -2.58. The van der Waals surface area contributed by atoms with Gasteiger partial charge in [-0.3, -0.25) is 9.59 Å². The summed E-state index contributed by atoms with van der Waals surface area (Å²) in [7, 11) is 0. The van der Waals surface area contributed by atoms with Crippen LogP contribution in [0.4, 0.5) is 0 Å². The number of amides is 2. The topological polar surface area (TPSA) is 66.6 Å². The van der Waals surface area contributed by atoms with Crippen molar-refractivity contribution in [1.29, 1.82) is 0 Å². The number of carbonyl (C=O) groups is 2. The lowest BCUT2D eigenvalue weighted by molar-refractivity contribution is -0.138. The average molecular weight is 409 g/mol. The summed E-state index contributed by atoms with van der Waals surface area (Å²) in [6, 6.07) is 4.99. The van der Waals surface area contributed by atoms with Crippen LogP contribution in [-0.2, 0) is 4.79 Å². The van der Waals surface area contributed by atoms with Gasteiger partial charge in [0.15, 0.2) is 0 Å². The van der Waals surface area contributed by atoms with Crippen molar-refractivity contribution in [2.24, 2.45) is 5.73 Å². The van der Waals surface area contributed by atoms with Gasteiger partial charge < -0.3 is 15.5 Å². The quantitative estimate of drug-likeness (QED) is 0.832. The van der Waals surface area contributed by atoms with Crippen molar-refractivity contribution in [3.05, 3.63) is 33.8 Å².